The first-order valence-corrected chi connectivity index (χ1v) is 6.95. The molecule has 0 fully saturated rings. The summed E-state index contributed by atoms with van der Waals surface area (Å²) in [7, 11) is 0. The van der Waals surface area contributed by atoms with Gasteiger partial charge in [0.25, 0.3) is 17.2 Å². The Bertz CT molecular complexity index is 877. The molecule has 0 saturated heterocycles. The summed E-state index contributed by atoms with van der Waals surface area (Å²) in [6.45, 7) is 1.52. The lowest BCUT2D eigenvalue weighted by molar-refractivity contribution is -0.384. The Kier molecular flexibility index (Phi) is 4.91. The van der Waals surface area contributed by atoms with Crippen LogP contribution >= 0.6 is 0 Å². The molecule has 1 amide bonds. The average Bonchev–Trinajstić information content (AvgIpc) is 2.53. The minimum absolute atomic E-state index is 0.175. The van der Waals surface area contributed by atoms with Crippen LogP contribution in [0.5, 0.6) is 0 Å². The topological polar surface area (TPSA) is 105 Å². The second-order valence-corrected chi connectivity index (χ2v) is 5.16. The number of pyridine rings is 1. The quantitative estimate of drug-likeness (QED) is 0.650. The molecule has 10 heteroatoms. The normalized spacial score (nSPS) is 12.5. The number of benzene rings is 1. The van der Waals surface area contributed by atoms with Gasteiger partial charge in [-0.05, 0) is 24.6 Å². The lowest BCUT2D eigenvalue weighted by Crippen LogP contribution is -2.32. The third kappa shape index (κ3) is 4.22. The number of nitro benzene ring substituents is 1. The van der Waals surface area contributed by atoms with Gasteiger partial charge < -0.3 is 10.3 Å². The predicted molar refractivity (Wildman–Crippen MR) is 81.0 cm³/mol. The summed E-state index contributed by atoms with van der Waals surface area (Å²) in [6, 6.07) is 6.16. The van der Waals surface area contributed by atoms with Crippen LogP contribution in [0.2, 0.25) is 0 Å². The number of hydrogen-bond acceptors (Lipinski definition) is 4. The molecule has 7 nitrogen and oxygen atoms in total. The number of alkyl halides is 3. The monoisotopic (exact) mass is 355 g/mol. The van der Waals surface area contributed by atoms with E-state index in [-0.39, 0.29) is 5.69 Å². The van der Waals surface area contributed by atoms with E-state index in [1.54, 1.807) is 4.98 Å². The number of carbonyl (C=O) groups excluding carboxylic acids is 1. The van der Waals surface area contributed by atoms with Crippen LogP contribution < -0.4 is 10.9 Å². The number of nitrogens with one attached hydrogen (secondary N) is 2. The van der Waals surface area contributed by atoms with E-state index < -0.39 is 39.9 Å². The highest BCUT2D eigenvalue weighted by Crippen LogP contribution is 2.26. The summed E-state index contributed by atoms with van der Waals surface area (Å²) >= 11 is 0. The van der Waals surface area contributed by atoms with Gasteiger partial charge in [-0.1, -0.05) is 12.1 Å². The van der Waals surface area contributed by atoms with Gasteiger partial charge in [-0.2, -0.15) is 13.2 Å². The number of amides is 1. The first-order chi connectivity index (χ1) is 11.6. The second-order valence-electron chi connectivity index (χ2n) is 5.16. The van der Waals surface area contributed by atoms with E-state index in [4.69, 9.17) is 0 Å². The Balaban J connectivity index is 2.21. The van der Waals surface area contributed by atoms with E-state index in [0.717, 1.165) is 6.07 Å². The lowest BCUT2D eigenvalue weighted by Gasteiger charge is -2.14. The Morgan fingerprint density at radius 2 is 1.96 bits per heavy atom. The molecule has 1 aromatic heterocycles. The van der Waals surface area contributed by atoms with Crippen LogP contribution in [0.3, 0.4) is 0 Å². The van der Waals surface area contributed by atoms with Gasteiger partial charge in [0.2, 0.25) is 0 Å². The van der Waals surface area contributed by atoms with Gasteiger partial charge in [-0.15, -0.1) is 0 Å². The number of hydrogen-bond donors (Lipinski definition) is 2. The van der Waals surface area contributed by atoms with Crippen LogP contribution in [0.15, 0.2) is 41.2 Å². The van der Waals surface area contributed by atoms with Gasteiger partial charge >= 0.3 is 6.18 Å². The molecule has 1 aromatic carbocycles. The smallest absolute Gasteiger partial charge is 0.345 e. The molecule has 0 aliphatic rings. The third-order valence-corrected chi connectivity index (χ3v) is 3.39. The summed E-state index contributed by atoms with van der Waals surface area (Å²) < 4.78 is 37.5. The second kappa shape index (κ2) is 6.75. The Labute approximate surface area is 138 Å². The minimum Gasteiger partial charge on any atom is -0.345 e. The zero-order valence-electron chi connectivity index (χ0n) is 12.8. The summed E-state index contributed by atoms with van der Waals surface area (Å²) in [4.78, 5) is 35.5. The first kappa shape index (κ1) is 18.2. The molecule has 0 radical (unpaired) electrons. The molecule has 132 valence electrons. The molecular formula is C15H12F3N3O4. The number of aromatic amines is 1. The van der Waals surface area contributed by atoms with Gasteiger partial charge in [-0.25, -0.2) is 0 Å². The number of H-pyrrole nitrogens is 1. The van der Waals surface area contributed by atoms with Gasteiger partial charge in [0.05, 0.1) is 11.0 Å². The van der Waals surface area contributed by atoms with Crippen molar-refractivity contribution in [3.8, 4) is 0 Å². The van der Waals surface area contributed by atoms with Crippen molar-refractivity contribution in [1.29, 1.82) is 0 Å². The third-order valence-electron chi connectivity index (χ3n) is 3.39. The standard InChI is InChI=1S/C15H12F3N3O4/c1-8(9-3-2-4-10(7-9)21(24)25)19-13(22)11-5-6-12(15(16,17)18)20-14(11)23/h2-8H,1H3,(H,19,22)(H,20,23)/t8-/m0/s1. The molecule has 0 bridgehead atoms. The zero-order chi connectivity index (χ0) is 18.8. The SMILES string of the molecule is C[C@H](NC(=O)c1ccc(C(F)(F)F)[nH]c1=O)c1cccc([N+](=O)[O-])c1. The maximum absolute atomic E-state index is 12.5. The summed E-state index contributed by atoms with van der Waals surface area (Å²) in [5, 5.41) is 13.2. The summed E-state index contributed by atoms with van der Waals surface area (Å²) in [5.41, 5.74) is -2.71. The first-order valence-electron chi connectivity index (χ1n) is 6.95. The van der Waals surface area contributed by atoms with Crippen molar-refractivity contribution in [3.63, 3.8) is 0 Å². The molecule has 0 saturated carbocycles. The Morgan fingerprint density at radius 1 is 1.28 bits per heavy atom. The summed E-state index contributed by atoms with van der Waals surface area (Å²) in [6.07, 6.45) is -4.73. The van der Waals surface area contributed by atoms with Crippen molar-refractivity contribution in [2.24, 2.45) is 0 Å². The molecule has 0 unspecified atom stereocenters. The molecule has 2 rings (SSSR count). The molecule has 2 N–H and O–H groups in total. The number of carbonyl (C=O) groups is 1. The largest absolute Gasteiger partial charge is 0.431 e. The Morgan fingerprint density at radius 3 is 2.52 bits per heavy atom. The van der Waals surface area contributed by atoms with Gasteiger partial charge in [0.1, 0.15) is 11.3 Å². The van der Waals surface area contributed by atoms with Crippen molar-refractivity contribution < 1.29 is 22.9 Å². The molecule has 1 atom stereocenters. The highest BCUT2D eigenvalue weighted by Gasteiger charge is 2.32. The van der Waals surface area contributed by atoms with E-state index >= 15 is 0 Å². The van der Waals surface area contributed by atoms with Crippen LogP contribution in [0, 0.1) is 10.1 Å². The van der Waals surface area contributed by atoms with Gasteiger partial charge in [-0.3, -0.25) is 19.7 Å². The van der Waals surface area contributed by atoms with Crippen LogP contribution in [-0.4, -0.2) is 15.8 Å². The van der Waals surface area contributed by atoms with Gasteiger partial charge in [0.15, 0.2) is 0 Å². The van der Waals surface area contributed by atoms with Crippen LogP contribution in [-0.2, 0) is 6.18 Å². The van der Waals surface area contributed by atoms with E-state index in [9.17, 15) is 32.9 Å². The average molecular weight is 355 g/mol. The van der Waals surface area contributed by atoms with Crippen LogP contribution in [0.1, 0.15) is 34.6 Å². The van der Waals surface area contributed by atoms with Crippen LogP contribution in [0.25, 0.3) is 0 Å². The number of halogens is 3. The number of nitrogens with zero attached hydrogens (tertiary/aromatic N) is 1. The fourth-order valence-electron chi connectivity index (χ4n) is 2.08. The van der Waals surface area contributed by atoms with E-state index in [0.29, 0.717) is 11.6 Å². The van der Waals surface area contributed by atoms with Crippen molar-refractivity contribution in [3.05, 3.63) is 73.7 Å². The summed E-state index contributed by atoms with van der Waals surface area (Å²) in [5.74, 6) is -0.894. The number of rotatable bonds is 4. The number of non-ortho nitro benzene ring substituents is 1. The molecule has 0 aliphatic heterocycles. The van der Waals surface area contributed by atoms with E-state index in [1.165, 1.54) is 31.2 Å². The van der Waals surface area contributed by atoms with Gasteiger partial charge in [0, 0.05) is 12.1 Å². The molecule has 0 spiro atoms. The fraction of sp³-hybridized carbons (Fsp3) is 0.200. The Hall–Kier alpha value is -3.17. The van der Waals surface area contributed by atoms with E-state index in [1.807, 2.05) is 0 Å². The molecule has 2 aromatic rings. The highest BCUT2D eigenvalue weighted by atomic mass is 19.4. The molecule has 25 heavy (non-hydrogen) atoms. The van der Waals surface area contributed by atoms with E-state index in [2.05, 4.69) is 5.32 Å². The fourth-order valence-corrected chi connectivity index (χ4v) is 2.08. The van der Waals surface area contributed by atoms with Crippen molar-refractivity contribution >= 4 is 11.6 Å². The molecular weight excluding hydrogens is 343 g/mol. The number of aromatic nitrogens is 1. The van der Waals surface area contributed by atoms with Crippen molar-refractivity contribution in [1.82, 2.24) is 10.3 Å². The van der Waals surface area contributed by atoms with Crippen molar-refractivity contribution in [2.45, 2.75) is 19.1 Å². The maximum atomic E-state index is 12.5. The molecule has 1 heterocycles. The van der Waals surface area contributed by atoms with Crippen LogP contribution in [0.4, 0.5) is 18.9 Å². The zero-order valence-corrected chi connectivity index (χ0v) is 12.8. The minimum atomic E-state index is -4.73. The number of nitro groups is 1. The van der Waals surface area contributed by atoms with Crippen molar-refractivity contribution in [2.75, 3.05) is 0 Å². The highest BCUT2D eigenvalue weighted by molar-refractivity contribution is 5.94. The molecule has 0 aliphatic carbocycles. The maximum Gasteiger partial charge on any atom is 0.431 e. The predicted octanol–water partition coefficient (Wildman–Crippen LogP) is 2.79. The lowest BCUT2D eigenvalue weighted by atomic mass is 10.1.